The Morgan fingerprint density at radius 3 is 2.64 bits per heavy atom. The van der Waals surface area contributed by atoms with Crippen LogP contribution >= 0.6 is 0 Å². The van der Waals surface area contributed by atoms with Crippen LogP contribution < -0.4 is 0 Å². The number of carbonyl (C=O) groups is 1. The summed E-state index contributed by atoms with van der Waals surface area (Å²) < 4.78 is 0. The van der Waals surface area contributed by atoms with Gasteiger partial charge in [-0.05, 0) is 44.1 Å². The number of ketones is 1. The van der Waals surface area contributed by atoms with Crippen molar-refractivity contribution in [3.05, 3.63) is 81.4 Å². The van der Waals surface area contributed by atoms with Gasteiger partial charge >= 0.3 is 0 Å². The molecule has 0 radical (unpaired) electrons. The highest BCUT2D eigenvalue weighted by Crippen LogP contribution is 2.25. The second-order valence-corrected chi connectivity index (χ2v) is 6.28. The first-order chi connectivity index (χ1) is 12.1. The number of rotatable bonds is 5. The number of likely N-dealkylation sites (N-methyl/N-ethyl adjacent to an activating group) is 1. The summed E-state index contributed by atoms with van der Waals surface area (Å²) in [5, 5.41) is 11.3. The highest BCUT2D eigenvalue weighted by molar-refractivity contribution is 6.11. The van der Waals surface area contributed by atoms with E-state index in [-0.39, 0.29) is 17.0 Å². The van der Waals surface area contributed by atoms with Crippen molar-refractivity contribution in [2.75, 3.05) is 13.6 Å². The van der Waals surface area contributed by atoms with Gasteiger partial charge < -0.3 is 0 Å². The Labute approximate surface area is 146 Å². The molecule has 0 saturated carbocycles. The fourth-order valence-electron chi connectivity index (χ4n) is 3.14. The summed E-state index contributed by atoms with van der Waals surface area (Å²) in [5.74, 6) is -0.333. The molecule has 1 aliphatic heterocycles. The predicted octanol–water partition coefficient (Wildman–Crippen LogP) is 3.93. The maximum Gasteiger partial charge on any atom is 0.280 e. The standard InChI is InChI=1S/C20H20N2O3/c1-21-13-5-8-17(21)11-9-15-10-12-19(22(24)25)18(14-15)20(23)16-6-3-2-4-7-16/h2-4,6-7,9-12,14,17H,5,8,13H2,1H3. The van der Waals surface area contributed by atoms with Crippen LogP contribution in [0.25, 0.3) is 6.08 Å². The van der Waals surface area contributed by atoms with Crippen molar-refractivity contribution in [2.45, 2.75) is 18.9 Å². The molecule has 0 bridgehead atoms. The van der Waals surface area contributed by atoms with Crippen LogP contribution in [0.2, 0.25) is 0 Å². The summed E-state index contributed by atoms with van der Waals surface area (Å²) >= 11 is 0. The smallest absolute Gasteiger partial charge is 0.280 e. The summed E-state index contributed by atoms with van der Waals surface area (Å²) in [6, 6.07) is 13.7. The van der Waals surface area contributed by atoms with Crippen molar-refractivity contribution in [3.8, 4) is 0 Å². The second kappa shape index (κ2) is 7.40. The van der Waals surface area contributed by atoms with Crippen LogP contribution in [0.3, 0.4) is 0 Å². The third kappa shape index (κ3) is 3.83. The normalized spacial score (nSPS) is 17.9. The first-order valence-corrected chi connectivity index (χ1v) is 8.33. The topological polar surface area (TPSA) is 63.4 Å². The van der Waals surface area contributed by atoms with Gasteiger partial charge in [0.25, 0.3) is 5.69 Å². The minimum absolute atomic E-state index is 0.123. The van der Waals surface area contributed by atoms with Crippen molar-refractivity contribution in [2.24, 2.45) is 0 Å². The third-order valence-corrected chi connectivity index (χ3v) is 4.59. The number of hydrogen-bond donors (Lipinski definition) is 0. The van der Waals surface area contributed by atoms with Crippen LogP contribution in [0.5, 0.6) is 0 Å². The van der Waals surface area contributed by atoms with Crippen molar-refractivity contribution >= 4 is 17.5 Å². The van der Waals surface area contributed by atoms with Gasteiger partial charge in [0.05, 0.1) is 4.92 Å². The van der Waals surface area contributed by atoms with Gasteiger partial charge in [0, 0.05) is 17.7 Å². The maximum atomic E-state index is 12.7. The van der Waals surface area contributed by atoms with E-state index >= 15 is 0 Å². The van der Waals surface area contributed by atoms with E-state index in [1.54, 1.807) is 36.4 Å². The highest BCUT2D eigenvalue weighted by atomic mass is 16.6. The molecule has 1 atom stereocenters. The number of likely N-dealkylation sites (tertiary alicyclic amines) is 1. The lowest BCUT2D eigenvalue weighted by Crippen LogP contribution is -2.22. The zero-order chi connectivity index (χ0) is 17.8. The minimum Gasteiger partial charge on any atom is -0.300 e. The second-order valence-electron chi connectivity index (χ2n) is 6.28. The summed E-state index contributed by atoms with van der Waals surface area (Å²) in [6.45, 7) is 1.08. The van der Waals surface area contributed by atoms with Gasteiger partial charge in [-0.25, -0.2) is 0 Å². The summed E-state index contributed by atoms with van der Waals surface area (Å²) in [4.78, 5) is 25.8. The van der Waals surface area contributed by atoms with Gasteiger partial charge in [-0.3, -0.25) is 19.8 Å². The lowest BCUT2D eigenvalue weighted by molar-refractivity contribution is -0.385. The molecule has 0 spiro atoms. The van der Waals surface area contributed by atoms with E-state index in [9.17, 15) is 14.9 Å². The van der Waals surface area contributed by atoms with Crippen LogP contribution in [-0.2, 0) is 0 Å². The molecule has 25 heavy (non-hydrogen) atoms. The molecule has 0 aromatic heterocycles. The average molecular weight is 336 g/mol. The lowest BCUT2D eigenvalue weighted by atomic mass is 9.99. The largest absolute Gasteiger partial charge is 0.300 e. The van der Waals surface area contributed by atoms with E-state index < -0.39 is 4.92 Å². The highest BCUT2D eigenvalue weighted by Gasteiger charge is 2.22. The molecular weight excluding hydrogens is 316 g/mol. The Bertz CT molecular complexity index is 815. The molecule has 5 nitrogen and oxygen atoms in total. The Hall–Kier alpha value is -2.79. The summed E-state index contributed by atoms with van der Waals surface area (Å²) in [7, 11) is 2.09. The van der Waals surface area contributed by atoms with Crippen LogP contribution in [0.15, 0.2) is 54.6 Å². The van der Waals surface area contributed by atoms with E-state index in [1.807, 2.05) is 12.1 Å². The Kier molecular flexibility index (Phi) is 5.05. The first-order valence-electron chi connectivity index (χ1n) is 8.33. The van der Waals surface area contributed by atoms with Gasteiger partial charge in [-0.15, -0.1) is 0 Å². The molecule has 1 saturated heterocycles. The van der Waals surface area contributed by atoms with E-state index in [0.717, 1.165) is 18.5 Å². The summed E-state index contributed by atoms with van der Waals surface area (Å²) in [5.41, 5.74) is 1.20. The first kappa shape index (κ1) is 17.0. The van der Waals surface area contributed by atoms with Crippen molar-refractivity contribution in [3.63, 3.8) is 0 Å². The monoisotopic (exact) mass is 336 g/mol. The molecule has 2 aromatic rings. The molecule has 1 fully saturated rings. The minimum atomic E-state index is -0.506. The third-order valence-electron chi connectivity index (χ3n) is 4.59. The molecule has 3 rings (SSSR count). The Balaban J connectivity index is 1.94. The Morgan fingerprint density at radius 2 is 2.00 bits per heavy atom. The molecule has 1 unspecified atom stereocenters. The van der Waals surface area contributed by atoms with Gasteiger partial charge in [0.15, 0.2) is 5.78 Å². The SMILES string of the molecule is CN1CCCC1C=Cc1ccc([N+](=O)[O-])c(C(=O)c2ccccc2)c1. The number of benzene rings is 2. The van der Waals surface area contributed by atoms with Crippen LogP contribution in [-0.4, -0.2) is 35.2 Å². The van der Waals surface area contributed by atoms with E-state index in [1.165, 1.54) is 12.5 Å². The van der Waals surface area contributed by atoms with Gasteiger partial charge in [-0.1, -0.05) is 42.5 Å². The quantitative estimate of drug-likeness (QED) is 0.471. The number of nitro benzene ring substituents is 1. The number of hydrogen-bond acceptors (Lipinski definition) is 4. The van der Waals surface area contributed by atoms with Gasteiger partial charge in [-0.2, -0.15) is 0 Å². The van der Waals surface area contributed by atoms with E-state index in [2.05, 4.69) is 18.0 Å². The van der Waals surface area contributed by atoms with E-state index in [0.29, 0.717) is 11.6 Å². The van der Waals surface area contributed by atoms with Crippen LogP contribution in [0, 0.1) is 10.1 Å². The molecule has 1 heterocycles. The number of nitrogens with zero attached hydrogens (tertiary/aromatic N) is 2. The van der Waals surface area contributed by atoms with Crippen molar-refractivity contribution in [1.29, 1.82) is 0 Å². The van der Waals surface area contributed by atoms with Gasteiger partial charge in [0.2, 0.25) is 0 Å². The Morgan fingerprint density at radius 1 is 1.24 bits per heavy atom. The fraction of sp³-hybridized carbons (Fsp3) is 0.250. The molecule has 0 N–H and O–H groups in total. The average Bonchev–Trinajstić information content (AvgIpc) is 3.04. The molecule has 5 heteroatoms. The molecule has 0 aliphatic carbocycles. The van der Waals surface area contributed by atoms with Crippen LogP contribution in [0.4, 0.5) is 5.69 Å². The maximum absolute atomic E-state index is 12.7. The predicted molar refractivity (Wildman–Crippen MR) is 97.7 cm³/mol. The molecule has 128 valence electrons. The molecular formula is C20H20N2O3. The molecule has 0 amide bonds. The lowest BCUT2D eigenvalue weighted by Gasteiger charge is -2.14. The number of carbonyl (C=O) groups excluding carboxylic acids is 1. The zero-order valence-electron chi connectivity index (χ0n) is 14.1. The molecule has 1 aliphatic rings. The van der Waals surface area contributed by atoms with Crippen molar-refractivity contribution in [1.82, 2.24) is 4.90 Å². The van der Waals surface area contributed by atoms with Gasteiger partial charge in [0.1, 0.15) is 5.56 Å². The fourth-order valence-corrected chi connectivity index (χ4v) is 3.14. The van der Waals surface area contributed by atoms with Crippen LogP contribution in [0.1, 0.15) is 34.3 Å². The summed E-state index contributed by atoms with van der Waals surface area (Å²) in [6.07, 6.45) is 6.32. The van der Waals surface area contributed by atoms with E-state index in [4.69, 9.17) is 0 Å². The molecule has 2 aromatic carbocycles. The number of nitro groups is 1. The van der Waals surface area contributed by atoms with Crippen molar-refractivity contribution < 1.29 is 9.72 Å². The zero-order valence-corrected chi connectivity index (χ0v) is 14.1.